The van der Waals surface area contributed by atoms with Crippen molar-refractivity contribution in [2.75, 3.05) is 13.2 Å². The first-order valence-corrected chi connectivity index (χ1v) is 6.23. The van der Waals surface area contributed by atoms with Crippen LogP contribution in [0.5, 0.6) is 0 Å². The average Bonchev–Trinajstić information content (AvgIpc) is 2.72. The van der Waals surface area contributed by atoms with Crippen molar-refractivity contribution >= 4 is 5.91 Å². The van der Waals surface area contributed by atoms with Gasteiger partial charge in [-0.2, -0.15) is 0 Å². The number of unbranched alkanes of at least 4 members (excludes halogenated alkanes) is 2. The summed E-state index contributed by atoms with van der Waals surface area (Å²) in [5, 5.41) is 11.6. The zero-order valence-corrected chi connectivity index (χ0v) is 9.24. The predicted molar refractivity (Wildman–Crippen MR) is 58.3 cm³/mol. The van der Waals surface area contributed by atoms with Crippen LogP contribution in [0.25, 0.3) is 0 Å². The van der Waals surface area contributed by atoms with Crippen LogP contribution in [0.15, 0.2) is 0 Å². The van der Waals surface area contributed by atoms with Crippen LogP contribution in [0.4, 0.5) is 0 Å². The molecular weight excluding hydrogens is 190 g/mol. The van der Waals surface area contributed by atoms with E-state index in [0.29, 0.717) is 5.92 Å². The molecule has 0 aliphatic heterocycles. The van der Waals surface area contributed by atoms with Crippen molar-refractivity contribution in [1.82, 2.24) is 5.32 Å². The number of aliphatic hydroxyl groups excluding tert-OH is 1. The molecule has 0 radical (unpaired) electrons. The molecular formula is C12H21NO2. The standard InChI is InChI=1S/C12H21NO2/c14-8-3-1-2-7-13-12(15)11-9-5-4-6-10(9)11/h9-11,14H,1-8H2,(H,13,15). The summed E-state index contributed by atoms with van der Waals surface area (Å²) in [6.07, 6.45) is 6.73. The number of rotatable bonds is 6. The lowest BCUT2D eigenvalue weighted by molar-refractivity contribution is -0.123. The molecule has 86 valence electrons. The number of aliphatic hydroxyl groups is 1. The Morgan fingerprint density at radius 2 is 1.93 bits per heavy atom. The van der Waals surface area contributed by atoms with Gasteiger partial charge in [-0.25, -0.2) is 0 Å². The van der Waals surface area contributed by atoms with Gasteiger partial charge in [0.15, 0.2) is 0 Å². The number of carbonyl (C=O) groups excluding carboxylic acids is 1. The smallest absolute Gasteiger partial charge is 0.223 e. The first-order valence-electron chi connectivity index (χ1n) is 6.23. The Morgan fingerprint density at radius 3 is 2.60 bits per heavy atom. The number of hydrogen-bond acceptors (Lipinski definition) is 2. The van der Waals surface area contributed by atoms with E-state index in [1.807, 2.05) is 0 Å². The summed E-state index contributed by atoms with van der Waals surface area (Å²) in [4.78, 5) is 11.7. The van der Waals surface area contributed by atoms with Crippen molar-refractivity contribution in [3.05, 3.63) is 0 Å². The van der Waals surface area contributed by atoms with Gasteiger partial charge in [0.2, 0.25) is 5.91 Å². The fraction of sp³-hybridized carbons (Fsp3) is 0.917. The molecule has 2 saturated carbocycles. The summed E-state index contributed by atoms with van der Waals surface area (Å²) in [7, 11) is 0. The van der Waals surface area contributed by atoms with Crippen molar-refractivity contribution in [2.24, 2.45) is 17.8 Å². The van der Waals surface area contributed by atoms with Crippen molar-refractivity contribution in [1.29, 1.82) is 0 Å². The molecule has 0 spiro atoms. The van der Waals surface area contributed by atoms with E-state index in [2.05, 4.69) is 5.32 Å². The van der Waals surface area contributed by atoms with E-state index in [9.17, 15) is 4.79 Å². The van der Waals surface area contributed by atoms with Crippen LogP contribution in [0.2, 0.25) is 0 Å². The summed E-state index contributed by atoms with van der Waals surface area (Å²) in [6, 6.07) is 0. The van der Waals surface area contributed by atoms with Gasteiger partial charge in [0, 0.05) is 19.1 Å². The van der Waals surface area contributed by atoms with Gasteiger partial charge in [-0.15, -0.1) is 0 Å². The highest BCUT2D eigenvalue weighted by molar-refractivity contribution is 5.82. The third-order valence-corrected chi connectivity index (χ3v) is 3.84. The van der Waals surface area contributed by atoms with Crippen LogP contribution in [0.1, 0.15) is 38.5 Å². The lowest BCUT2D eigenvalue weighted by Crippen LogP contribution is -2.27. The van der Waals surface area contributed by atoms with Crippen LogP contribution in [-0.2, 0) is 4.79 Å². The fourth-order valence-corrected chi connectivity index (χ4v) is 2.95. The highest BCUT2D eigenvalue weighted by Crippen LogP contribution is 2.57. The quantitative estimate of drug-likeness (QED) is 0.651. The molecule has 2 unspecified atom stereocenters. The van der Waals surface area contributed by atoms with E-state index < -0.39 is 0 Å². The molecule has 0 aromatic rings. The van der Waals surface area contributed by atoms with Gasteiger partial charge in [-0.3, -0.25) is 4.79 Å². The van der Waals surface area contributed by atoms with Gasteiger partial charge >= 0.3 is 0 Å². The molecule has 0 bridgehead atoms. The van der Waals surface area contributed by atoms with Crippen LogP contribution in [0, 0.1) is 17.8 Å². The highest BCUT2D eigenvalue weighted by atomic mass is 16.2. The van der Waals surface area contributed by atoms with E-state index in [0.717, 1.165) is 37.6 Å². The number of nitrogens with one attached hydrogen (secondary N) is 1. The van der Waals surface area contributed by atoms with Crippen LogP contribution >= 0.6 is 0 Å². The van der Waals surface area contributed by atoms with E-state index in [1.165, 1.54) is 19.3 Å². The Morgan fingerprint density at radius 1 is 1.20 bits per heavy atom. The second kappa shape index (κ2) is 4.97. The minimum absolute atomic E-state index is 0.265. The number of fused-ring (bicyclic) bond motifs is 1. The van der Waals surface area contributed by atoms with Gasteiger partial charge < -0.3 is 10.4 Å². The lowest BCUT2D eigenvalue weighted by atomic mass is 10.1. The third-order valence-electron chi connectivity index (χ3n) is 3.84. The third kappa shape index (κ3) is 2.51. The van der Waals surface area contributed by atoms with Gasteiger partial charge in [-0.1, -0.05) is 6.42 Å². The van der Waals surface area contributed by atoms with Gasteiger partial charge in [0.25, 0.3) is 0 Å². The topological polar surface area (TPSA) is 49.3 Å². The maximum Gasteiger partial charge on any atom is 0.223 e. The summed E-state index contributed by atoms with van der Waals surface area (Å²) < 4.78 is 0. The molecule has 2 rings (SSSR count). The minimum atomic E-state index is 0.265. The Labute approximate surface area is 91.2 Å². The summed E-state index contributed by atoms with van der Waals surface area (Å²) >= 11 is 0. The molecule has 2 aliphatic rings. The second-order valence-electron chi connectivity index (χ2n) is 4.86. The van der Waals surface area contributed by atoms with E-state index in [1.54, 1.807) is 0 Å². The van der Waals surface area contributed by atoms with Gasteiger partial charge in [0.1, 0.15) is 0 Å². The maximum absolute atomic E-state index is 11.7. The van der Waals surface area contributed by atoms with Gasteiger partial charge in [0.05, 0.1) is 0 Å². The Balaban J connectivity index is 1.54. The van der Waals surface area contributed by atoms with Crippen molar-refractivity contribution in [3.63, 3.8) is 0 Å². The van der Waals surface area contributed by atoms with Gasteiger partial charge in [-0.05, 0) is 43.9 Å². The molecule has 0 saturated heterocycles. The second-order valence-corrected chi connectivity index (χ2v) is 4.86. The molecule has 0 aromatic carbocycles. The molecule has 2 fully saturated rings. The minimum Gasteiger partial charge on any atom is -0.396 e. The zero-order chi connectivity index (χ0) is 10.7. The number of amides is 1. The van der Waals surface area contributed by atoms with E-state index in [-0.39, 0.29) is 12.5 Å². The zero-order valence-electron chi connectivity index (χ0n) is 9.24. The summed E-state index contributed by atoms with van der Waals surface area (Å²) in [6.45, 7) is 1.05. The predicted octanol–water partition coefficient (Wildman–Crippen LogP) is 1.31. The largest absolute Gasteiger partial charge is 0.396 e. The van der Waals surface area contributed by atoms with Crippen molar-refractivity contribution in [2.45, 2.75) is 38.5 Å². The summed E-state index contributed by atoms with van der Waals surface area (Å²) in [5.74, 6) is 2.09. The van der Waals surface area contributed by atoms with Crippen LogP contribution in [-0.4, -0.2) is 24.2 Å². The molecule has 0 aromatic heterocycles. The first kappa shape index (κ1) is 10.9. The molecule has 0 heterocycles. The maximum atomic E-state index is 11.7. The average molecular weight is 211 g/mol. The van der Waals surface area contributed by atoms with Crippen molar-refractivity contribution < 1.29 is 9.90 Å². The monoisotopic (exact) mass is 211 g/mol. The molecule has 2 aliphatic carbocycles. The number of hydrogen-bond donors (Lipinski definition) is 2. The van der Waals surface area contributed by atoms with Crippen LogP contribution < -0.4 is 5.32 Å². The Hall–Kier alpha value is -0.570. The molecule has 2 atom stereocenters. The summed E-state index contributed by atoms with van der Waals surface area (Å²) in [5.41, 5.74) is 0. The molecule has 1 amide bonds. The molecule has 2 N–H and O–H groups in total. The van der Waals surface area contributed by atoms with Crippen molar-refractivity contribution in [3.8, 4) is 0 Å². The molecule has 3 nitrogen and oxygen atoms in total. The first-order chi connectivity index (χ1) is 7.34. The molecule has 3 heteroatoms. The van der Waals surface area contributed by atoms with Crippen LogP contribution in [0.3, 0.4) is 0 Å². The normalized spacial score (nSPS) is 32.5. The van der Waals surface area contributed by atoms with E-state index >= 15 is 0 Å². The number of carbonyl (C=O) groups is 1. The Kier molecular flexibility index (Phi) is 3.62. The fourth-order valence-electron chi connectivity index (χ4n) is 2.95. The Bertz CT molecular complexity index is 220. The van der Waals surface area contributed by atoms with E-state index in [4.69, 9.17) is 5.11 Å². The molecule has 15 heavy (non-hydrogen) atoms. The highest BCUT2D eigenvalue weighted by Gasteiger charge is 2.56. The lowest BCUT2D eigenvalue weighted by Gasteiger charge is -2.05. The SMILES string of the molecule is O=C(NCCCCCO)C1C2CCCC21.